The van der Waals surface area contributed by atoms with Crippen molar-refractivity contribution < 1.29 is 24.2 Å². The third-order valence-corrected chi connectivity index (χ3v) is 9.83. The summed E-state index contributed by atoms with van der Waals surface area (Å²) < 4.78 is 5.81. The minimum absolute atomic E-state index is 0.0954. The van der Waals surface area contributed by atoms with Crippen molar-refractivity contribution in [3.8, 4) is 0 Å². The van der Waals surface area contributed by atoms with Gasteiger partial charge in [-0.3, -0.25) is 4.48 Å². The number of nitrogens with zero attached hydrogens (tertiary/aromatic N) is 2. The fourth-order valence-electron chi connectivity index (χ4n) is 9.13. The average Bonchev–Trinajstić information content (AvgIpc) is 3.11. The lowest BCUT2D eigenvalue weighted by Crippen LogP contribution is -2.83. The highest BCUT2D eigenvalue weighted by molar-refractivity contribution is 5.71. The molecule has 1 unspecified atom stereocenters. The van der Waals surface area contributed by atoms with Crippen LogP contribution in [0.2, 0.25) is 0 Å². The van der Waals surface area contributed by atoms with Crippen molar-refractivity contribution in [3.63, 3.8) is 0 Å². The van der Waals surface area contributed by atoms with E-state index in [2.05, 4.69) is 43.1 Å². The van der Waals surface area contributed by atoms with E-state index in [0.29, 0.717) is 17.0 Å². The molecule has 10 atom stereocenters. The van der Waals surface area contributed by atoms with Crippen molar-refractivity contribution in [1.29, 1.82) is 0 Å². The molecular weight excluding hydrogens is 380 g/mol. The van der Waals surface area contributed by atoms with Crippen molar-refractivity contribution in [1.82, 2.24) is 0 Å². The number of anilines is 1. The fraction of sp³-hybridized carbons (Fsp3) is 0.708. The first-order valence-corrected chi connectivity index (χ1v) is 11.6. The first-order chi connectivity index (χ1) is 14.4. The van der Waals surface area contributed by atoms with Gasteiger partial charge in [-0.25, -0.2) is 4.79 Å². The number of fused-ring (bicyclic) bond motifs is 2. The Morgan fingerprint density at radius 1 is 1.27 bits per heavy atom. The van der Waals surface area contributed by atoms with Gasteiger partial charge in [0.1, 0.15) is 6.04 Å². The summed E-state index contributed by atoms with van der Waals surface area (Å²) in [5, 5.41) is 23.7. The van der Waals surface area contributed by atoms with E-state index < -0.39 is 12.3 Å². The zero-order valence-electron chi connectivity index (χ0n) is 18.1. The van der Waals surface area contributed by atoms with Gasteiger partial charge in [0.25, 0.3) is 0 Å². The quantitative estimate of drug-likeness (QED) is 0.580. The van der Waals surface area contributed by atoms with Gasteiger partial charge in [0.05, 0.1) is 30.2 Å². The highest BCUT2D eigenvalue weighted by Crippen LogP contribution is 2.71. The smallest absolute Gasteiger partial charge is 0.361 e. The van der Waals surface area contributed by atoms with E-state index in [1.165, 1.54) is 11.3 Å². The number of carbonyl (C=O) groups excluding carboxylic acids is 1. The van der Waals surface area contributed by atoms with Crippen molar-refractivity contribution in [3.05, 3.63) is 29.8 Å². The largest absolute Gasteiger partial charge is 0.462 e. The lowest BCUT2D eigenvalue weighted by Gasteiger charge is -2.67. The second kappa shape index (κ2) is 5.99. The van der Waals surface area contributed by atoms with Crippen LogP contribution in [0.5, 0.6) is 0 Å². The Bertz CT molecular complexity index is 907. The number of likely N-dealkylation sites (N-methyl/N-ethyl adjacent to an activating group) is 1. The number of carbonyl (C=O) groups is 1. The van der Waals surface area contributed by atoms with Gasteiger partial charge < -0.3 is 19.8 Å². The molecule has 1 saturated carbocycles. The van der Waals surface area contributed by atoms with Gasteiger partial charge in [-0.2, -0.15) is 0 Å². The zero-order valence-corrected chi connectivity index (χ0v) is 18.1. The summed E-state index contributed by atoms with van der Waals surface area (Å²) in [5.41, 5.74) is 2.17. The zero-order chi connectivity index (χ0) is 21.0. The minimum atomic E-state index is -0.565. The number of ether oxygens (including phenoxy) is 1. The van der Waals surface area contributed by atoms with Crippen LogP contribution < -0.4 is 4.90 Å². The van der Waals surface area contributed by atoms with Crippen molar-refractivity contribution in [2.45, 2.75) is 69.0 Å². The normalized spacial score (nSPS) is 49.3. The number of aliphatic hydroxyl groups is 2. The number of benzene rings is 1. The molecule has 5 fully saturated rings. The lowest BCUT2D eigenvalue weighted by molar-refractivity contribution is -1.03. The molecule has 0 aromatic heterocycles. The molecule has 6 aliphatic rings. The van der Waals surface area contributed by atoms with Crippen LogP contribution in [0, 0.1) is 17.8 Å². The topological polar surface area (TPSA) is 70.0 Å². The van der Waals surface area contributed by atoms with Crippen LogP contribution in [0.4, 0.5) is 5.69 Å². The Labute approximate surface area is 178 Å². The number of hydrogen-bond donors (Lipinski definition) is 2. The third-order valence-electron chi connectivity index (χ3n) is 9.83. The lowest BCUT2D eigenvalue weighted by atomic mass is 9.60. The summed E-state index contributed by atoms with van der Waals surface area (Å²) in [6.07, 6.45) is 1.69. The van der Waals surface area contributed by atoms with E-state index in [9.17, 15) is 15.0 Å². The van der Waals surface area contributed by atoms with Crippen molar-refractivity contribution in [2.24, 2.45) is 17.8 Å². The Morgan fingerprint density at radius 3 is 2.77 bits per heavy atom. The van der Waals surface area contributed by atoms with Gasteiger partial charge in [-0.05, 0) is 30.9 Å². The molecule has 5 heterocycles. The standard InChI is InChI=1S/C24H33N2O4/c1-4-13-14-10-17-21-24(15-8-6-7-9-16(15)25(21)3)11-18(20(14)22(24)28)26(17,23(13)29)12-19(27)30-5-2/h6-9,13-14,17-18,20-23,28-29H,4-5,10-12H2,1-3H3/q+1/t13-,14+,17-,18+,20-,21-,22+,23-,24-,26?/m1/s1. The summed E-state index contributed by atoms with van der Waals surface area (Å²) in [6, 6.07) is 8.84. The van der Waals surface area contributed by atoms with Crippen LogP contribution in [-0.2, 0) is 14.9 Å². The van der Waals surface area contributed by atoms with E-state index >= 15 is 0 Å². The highest BCUT2D eigenvalue weighted by Gasteiger charge is 2.83. The van der Waals surface area contributed by atoms with Gasteiger partial charge in [0.2, 0.25) is 0 Å². The molecule has 1 aromatic rings. The Hall–Kier alpha value is -1.63. The molecule has 2 N–H and O–H groups in total. The van der Waals surface area contributed by atoms with Gasteiger partial charge in [-0.15, -0.1) is 0 Å². The molecule has 4 saturated heterocycles. The summed E-state index contributed by atoms with van der Waals surface area (Å²) >= 11 is 0. The molecule has 0 amide bonds. The molecule has 6 nitrogen and oxygen atoms in total. The van der Waals surface area contributed by atoms with Crippen LogP contribution in [0.15, 0.2) is 24.3 Å². The van der Waals surface area contributed by atoms with E-state index in [-0.39, 0.29) is 47.9 Å². The highest BCUT2D eigenvalue weighted by atomic mass is 16.5. The van der Waals surface area contributed by atoms with Crippen LogP contribution in [0.3, 0.4) is 0 Å². The summed E-state index contributed by atoms with van der Waals surface area (Å²) in [7, 11) is 2.14. The molecule has 0 radical (unpaired) electrons. The SMILES string of the molecule is CCOC(=O)C[N+]12[C@H](O)[C@H](CC)[C@@H]3C[C@@H]1[C@H]1N(C)c4ccccc4[C@]14C[C@H]2[C@@H]3[C@@H]4O. The monoisotopic (exact) mass is 413 g/mol. The minimum Gasteiger partial charge on any atom is -0.462 e. The predicted molar refractivity (Wildman–Crippen MR) is 112 cm³/mol. The molecule has 1 aromatic carbocycles. The van der Waals surface area contributed by atoms with Gasteiger partial charge in [0, 0.05) is 37.4 Å². The summed E-state index contributed by atoms with van der Waals surface area (Å²) in [6.45, 7) is 4.55. The molecule has 5 aliphatic heterocycles. The Morgan fingerprint density at radius 2 is 2.03 bits per heavy atom. The maximum Gasteiger partial charge on any atom is 0.361 e. The second-order valence-electron chi connectivity index (χ2n) is 10.3. The van der Waals surface area contributed by atoms with Gasteiger partial charge >= 0.3 is 5.97 Å². The van der Waals surface area contributed by atoms with Gasteiger partial charge in [0.15, 0.2) is 12.8 Å². The maximum atomic E-state index is 12.8. The number of hydrogen-bond acceptors (Lipinski definition) is 5. The number of aliphatic hydroxyl groups excluding tert-OH is 2. The molecule has 7 rings (SSSR count). The van der Waals surface area contributed by atoms with E-state index in [0.717, 1.165) is 19.3 Å². The average molecular weight is 414 g/mol. The van der Waals surface area contributed by atoms with Crippen LogP contribution in [0.25, 0.3) is 0 Å². The fourth-order valence-corrected chi connectivity index (χ4v) is 9.13. The molecule has 6 heteroatoms. The molecule has 1 spiro atoms. The number of rotatable bonds is 4. The molecular formula is C24H33N2O4+. The van der Waals surface area contributed by atoms with E-state index in [4.69, 9.17) is 4.74 Å². The molecule has 1 aliphatic carbocycles. The van der Waals surface area contributed by atoms with Crippen molar-refractivity contribution >= 4 is 11.7 Å². The first kappa shape index (κ1) is 19.1. The number of esters is 1. The number of quaternary nitrogens is 1. The predicted octanol–water partition coefficient (Wildman–Crippen LogP) is 1.63. The van der Waals surface area contributed by atoms with E-state index in [1.54, 1.807) is 0 Å². The van der Waals surface area contributed by atoms with Gasteiger partial charge in [-0.1, -0.05) is 25.1 Å². The third kappa shape index (κ3) is 1.83. The van der Waals surface area contributed by atoms with Crippen LogP contribution >= 0.6 is 0 Å². The maximum absolute atomic E-state index is 12.8. The Kier molecular flexibility index (Phi) is 3.81. The summed E-state index contributed by atoms with van der Waals surface area (Å²) in [5.74, 6) is 0.361. The number of piperidine rings is 4. The van der Waals surface area contributed by atoms with Crippen LogP contribution in [-0.4, -0.2) is 71.3 Å². The Balaban J connectivity index is 1.57. The first-order valence-electron chi connectivity index (χ1n) is 11.6. The van der Waals surface area contributed by atoms with Crippen molar-refractivity contribution in [2.75, 3.05) is 25.1 Å². The van der Waals surface area contributed by atoms with E-state index in [1.807, 2.05) is 6.92 Å². The molecule has 30 heavy (non-hydrogen) atoms. The summed E-state index contributed by atoms with van der Waals surface area (Å²) in [4.78, 5) is 15.2. The molecule has 5 bridgehead atoms. The second-order valence-corrected chi connectivity index (χ2v) is 10.3. The number of para-hydroxylation sites is 1. The van der Waals surface area contributed by atoms with Crippen LogP contribution in [0.1, 0.15) is 38.7 Å². The molecule has 162 valence electrons.